The third kappa shape index (κ3) is 5.16. The first-order chi connectivity index (χ1) is 12.3. The third-order valence-electron chi connectivity index (χ3n) is 4.08. The van der Waals surface area contributed by atoms with E-state index in [1.165, 1.54) is 16.7 Å². The summed E-state index contributed by atoms with van der Waals surface area (Å²) in [5.74, 6) is 0. The zero-order chi connectivity index (χ0) is 17.3. The van der Waals surface area contributed by atoms with Crippen molar-refractivity contribution < 1.29 is 0 Å². The van der Waals surface area contributed by atoms with Gasteiger partial charge < -0.3 is 10.6 Å². The fourth-order valence-corrected chi connectivity index (χ4v) is 3.02. The van der Waals surface area contributed by atoms with Crippen molar-refractivity contribution in [3.8, 4) is 0 Å². The van der Waals surface area contributed by atoms with Crippen LogP contribution in [0, 0.1) is 0 Å². The van der Waals surface area contributed by atoms with Gasteiger partial charge in [-0.2, -0.15) is 0 Å². The molecule has 3 heteroatoms. The van der Waals surface area contributed by atoms with Crippen LogP contribution in [0.25, 0.3) is 0 Å². The van der Waals surface area contributed by atoms with E-state index in [9.17, 15) is 0 Å². The minimum atomic E-state index is 0.0409. The second-order valence-corrected chi connectivity index (χ2v) is 6.30. The van der Waals surface area contributed by atoms with E-state index in [0.717, 1.165) is 13.0 Å². The van der Waals surface area contributed by atoms with E-state index < -0.39 is 0 Å². The van der Waals surface area contributed by atoms with Crippen LogP contribution in [0.4, 0.5) is 0 Å². The van der Waals surface area contributed by atoms with Crippen LogP contribution in [0.3, 0.4) is 0 Å². The number of rotatable bonds is 6. The van der Waals surface area contributed by atoms with E-state index in [0.29, 0.717) is 5.11 Å². The van der Waals surface area contributed by atoms with Crippen LogP contribution in [-0.2, 0) is 6.42 Å². The van der Waals surface area contributed by atoms with Crippen LogP contribution in [0.5, 0.6) is 0 Å². The van der Waals surface area contributed by atoms with Crippen LogP contribution in [0.15, 0.2) is 91.0 Å². The molecule has 2 N–H and O–H groups in total. The molecule has 0 aliphatic rings. The van der Waals surface area contributed by atoms with E-state index in [-0.39, 0.29) is 6.04 Å². The van der Waals surface area contributed by atoms with Gasteiger partial charge in [0.2, 0.25) is 0 Å². The van der Waals surface area contributed by atoms with Crippen molar-refractivity contribution in [2.45, 2.75) is 12.5 Å². The Hall–Kier alpha value is -2.65. The lowest BCUT2D eigenvalue weighted by molar-refractivity contribution is 0.733. The zero-order valence-corrected chi connectivity index (χ0v) is 14.9. The summed E-state index contributed by atoms with van der Waals surface area (Å²) in [6.45, 7) is 0.812. The predicted octanol–water partition coefficient (Wildman–Crippen LogP) is 4.48. The normalized spacial score (nSPS) is 10.4. The molecule has 0 saturated carbocycles. The van der Waals surface area contributed by atoms with Gasteiger partial charge in [0, 0.05) is 6.54 Å². The summed E-state index contributed by atoms with van der Waals surface area (Å²) in [5, 5.41) is 7.45. The molecule has 0 aliphatic carbocycles. The first-order valence-electron chi connectivity index (χ1n) is 8.51. The Kier molecular flexibility index (Phi) is 6.18. The largest absolute Gasteiger partial charge is 0.362 e. The molecule has 0 amide bonds. The van der Waals surface area contributed by atoms with Crippen molar-refractivity contribution in [3.05, 3.63) is 108 Å². The Labute approximate surface area is 154 Å². The summed E-state index contributed by atoms with van der Waals surface area (Å²) in [6.07, 6.45) is 0.948. The molecule has 2 nitrogen and oxygen atoms in total. The molecular weight excluding hydrogens is 324 g/mol. The molecule has 3 aromatic rings. The molecule has 0 atom stereocenters. The summed E-state index contributed by atoms with van der Waals surface area (Å²) in [5.41, 5.74) is 3.70. The highest BCUT2D eigenvalue weighted by Gasteiger charge is 2.14. The summed E-state index contributed by atoms with van der Waals surface area (Å²) in [4.78, 5) is 0. The van der Waals surface area contributed by atoms with Crippen molar-refractivity contribution in [2.24, 2.45) is 0 Å². The molecule has 126 valence electrons. The Balaban J connectivity index is 1.63. The SMILES string of the molecule is S=C(NCCc1ccccc1)NC(c1ccccc1)c1ccccc1. The van der Waals surface area contributed by atoms with Crippen molar-refractivity contribution in [3.63, 3.8) is 0 Å². The molecule has 0 unspecified atom stereocenters. The number of nitrogens with one attached hydrogen (secondary N) is 2. The minimum absolute atomic E-state index is 0.0409. The van der Waals surface area contributed by atoms with Gasteiger partial charge in [-0.25, -0.2) is 0 Å². The first-order valence-corrected chi connectivity index (χ1v) is 8.92. The fraction of sp³-hybridized carbons (Fsp3) is 0.136. The van der Waals surface area contributed by atoms with Gasteiger partial charge in [0.1, 0.15) is 0 Å². The maximum absolute atomic E-state index is 5.52. The van der Waals surface area contributed by atoms with Crippen LogP contribution in [0.2, 0.25) is 0 Å². The van der Waals surface area contributed by atoms with Gasteiger partial charge >= 0.3 is 0 Å². The average molecular weight is 346 g/mol. The van der Waals surface area contributed by atoms with Crippen LogP contribution < -0.4 is 10.6 Å². The van der Waals surface area contributed by atoms with E-state index in [1.54, 1.807) is 0 Å². The van der Waals surface area contributed by atoms with E-state index in [4.69, 9.17) is 12.2 Å². The van der Waals surface area contributed by atoms with E-state index in [2.05, 4.69) is 83.4 Å². The molecule has 0 aliphatic heterocycles. The average Bonchev–Trinajstić information content (AvgIpc) is 2.68. The molecule has 0 bridgehead atoms. The minimum Gasteiger partial charge on any atom is -0.362 e. The van der Waals surface area contributed by atoms with Gasteiger partial charge in [-0.3, -0.25) is 0 Å². The van der Waals surface area contributed by atoms with Gasteiger partial charge in [0.15, 0.2) is 5.11 Å². The fourth-order valence-electron chi connectivity index (χ4n) is 2.80. The summed E-state index contributed by atoms with van der Waals surface area (Å²) in [7, 11) is 0. The second kappa shape index (κ2) is 9.00. The molecule has 0 aromatic heterocycles. The van der Waals surface area contributed by atoms with Crippen LogP contribution in [0.1, 0.15) is 22.7 Å². The van der Waals surface area contributed by atoms with Gasteiger partial charge in [0.05, 0.1) is 6.04 Å². The van der Waals surface area contributed by atoms with Gasteiger partial charge in [-0.15, -0.1) is 0 Å². The molecule has 0 saturated heterocycles. The molecular formula is C22H22N2S. The Bertz CT molecular complexity index is 733. The summed E-state index contributed by atoms with van der Waals surface area (Å²) < 4.78 is 0. The maximum Gasteiger partial charge on any atom is 0.167 e. The van der Waals surface area contributed by atoms with Gasteiger partial charge in [0.25, 0.3) is 0 Å². The van der Waals surface area contributed by atoms with Crippen LogP contribution in [-0.4, -0.2) is 11.7 Å². The Morgan fingerprint density at radius 2 is 1.20 bits per heavy atom. The smallest absolute Gasteiger partial charge is 0.167 e. The van der Waals surface area contributed by atoms with Crippen molar-refractivity contribution >= 4 is 17.3 Å². The molecule has 0 fully saturated rings. The topological polar surface area (TPSA) is 24.1 Å². The predicted molar refractivity (Wildman–Crippen MR) is 109 cm³/mol. The highest BCUT2D eigenvalue weighted by atomic mass is 32.1. The number of thiocarbonyl (C=S) groups is 1. The molecule has 0 heterocycles. The summed E-state index contributed by atoms with van der Waals surface area (Å²) >= 11 is 5.52. The Morgan fingerprint density at radius 1 is 0.720 bits per heavy atom. The maximum atomic E-state index is 5.52. The van der Waals surface area contributed by atoms with E-state index >= 15 is 0 Å². The molecule has 3 rings (SSSR count). The third-order valence-corrected chi connectivity index (χ3v) is 4.35. The number of benzene rings is 3. The zero-order valence-electron chi connectivity index (χ0n) is 14.1. The van der Waals surface area contributed by atoms with Crippen molar-refractivity contribution in [1.29, 1.82) is 0 Å². The first kappa shape index (κ1) is 17.2. The highest BCUT2D eigenvalue weighted by molar-refractivity contribution is 7.80. The quantitative estimate of drug-likeness (QED) is 0.644. The van der Waals surface area contributed by atoms with Crippen molar-refractivity contribution in [2.75, 3.05) is 6.54 Å². The number of hydrogen-bond acceptors (Lipinski definition) is 1. The second-order valence-electron chi connectivity index (χ2n) is 5.89. The van der Waals surface area contributed by atoms with Gasteiger partial charge in [-0.05, 0) is 35.3 Å². The number of hydrogen-bond donors (Lipinski definition) is 2. The standard InChI is InChI=1S/C22H22N2S/c25-22(23-17-16-18-10-4-1-5-11-18)24-21(19-12-6-2-7-13-19)20-14-8-3-9-15-20/h1-15,21H,16-17H2,(H2,23,24,25). The molecule has 0 radical (unpaired) electrons. The lowest BCUT2D eigenvalue weighted by atomic mass is 9.99. The van der Waals surface area contributed by atoms with Crippen LogP contribution >= 0.6 is 12.2 Å². The molecule has 3 aromatic carbocycles. The molecule has 25 heavy (non-hydrogen) atoms. The van der Waals surface area contributed by atoms with E-state index in [1.807, 2.05) is 18.2 Å². The monoisotopic (exact) mass is 346 g/mol. The van der Waals surface area contributed by atoms with Gasteiger partial charge in [-0.1, -0.05) is 91.0 Å². The Morgan fingerprint density at radius 3 is 1.72 bits per heavy atom. The molecule has 0 spiro atoms. The van der Waals surface area contributed by atoms with Crippen molar-refractivity contribution in [1.82, 2.24) is 10.6 Å². The lowest BCUT2D eigenvalue weighted by Gasteiger charge is -2.22. The highest BCUT2D eigenvalue weighted by Crippen LogP contribution is 2.21. The lowest BCUT2D eigenvalue weighted by Crippen LogP contribution is -2.39. The summed E-state index contributed by atoms with van der Waals surface area (Å²) in [6, 6.07) is 31.2.